The second-order valence-electron chi connectivity index (χ2n) is 2.76. The highest BCUT2D eigenvalue weighted by Crippen LogP contribution is 1.96. The number of nitrogens with zero attached hydrogens (tertiary/aromatic N) is 1. The van der Waals surface area contributed by atoms with Crippen molar-refractivity contribution in [1.82, 2.24) is 10.2 Å². The molecule has 1 aliphatic rings. The highest BCUT2D eigenvalue weighted by atomic mass is 16.5. The van der Waals surface area contributed by atoms with Crippen molar-refractivity contribution in [2.24, 2.45) is 0 Å². The fourth-order valence-corrected chi connectivity index (χ4v) is 1.23. The van der Waals surface area contributed by atoms with Crippen molar-refractivity contribution in [2.45, 2.75) is 6.42 Å². The Morgan fingerprint density at radius 2 is 2.09 bits per heavy atom. The fourth-order valence-electron chi connectivity index (χ4n) is 1.23. The molecule has 3 heteroatoms. The summed E-state index contributed by atoms with van der Waals surface area (Å²) >= 11 is 0. The Balaban J connectivity index is 1.96. The highest BCUT2D eigenvalue weighted by molar-refractivity contribution is 4.61. The van der Waals surface area contributed by atoms with Crippen molar-refractivity contribution in [3.8, 4) is 0 Å². The van der Waals surface area contributed by atoms with E-state index in [1.807, 2.05) is 0 Å². The van der Waals surface area contributed by atoms with Gasteiger partial charge in [-0.3, -0.25) is 4.90 Å². The van der Waals surface area contributed by atoms with Crippen LogP contribution in [0.5, 0.6) is 0 Å². The van der Waals surface area contributed by atoms with Gasteiger partial charge in [0.1, 0.15) is 0 Å². The highest BCUT2D eigenvalue weighted by Gasteiger charge is 2.08. The molecule has 0 aromatic heterocycles. The molecule has 0 atom stereocenters. The average molecular weight is 156 g/mol. The molecule has 0 saturated carbocycles. The summed E-state index contributed by atoms with van der Waals surface area (Å²) in [7, 11) is 5.15. The van der Waals surface area contributed by atoms with Crippen LogP contribution in [0.2, 0.25) is 0 Å². The molecule has 0 unspecified atom stereocenters. The minimum Gasteiger partial charge on any atom is -0.379 e. The third kappa shape index (κ3) is 3.70. The van der Waals surface area contributed by atoms with Crippen LogP contribution >= 0.6 is 0 Å². The average Bonchev–Trinajstić information content (AvgIpc) is 2.07. The Kier molecular flexibility index (Phi) is 4.50. The SMILES string of the molecule is [CH]NCCCN1CCOCC1. The van der Waals surface area contributed by atoms with E-state index in [1.54, 1.807) is 0 Å². The number of nitrogens with one attached hydrogen (secondary N) is 1. The summed E-state index contributed by atoms with van der Waals surface area (Å²) in [6.45, 7) is 5.95. The van der Waals surface area contributed by atoms with E-state index in [1.165, 1.54) is 0 Å². The molecule has 0 aliphatic carbocycles. The van der Waals surface area contributed by atoms with Crippen LogP contribution in [-0.2, 0) is 4.74 Å². The monoisotopic (exact) mass is 156 g/mol. The molecule has 1 N–H and O–H groups in total. The van der Waals surface area contributed by atoms with Gasteiger partial charge < -0.3 is 10.1 Å². The van der Waals surface area contributed by atoms with Crippen molar-refractivity contribution in [2.75, 3.05) is 39.4 Å². The lowest BCUT2D eigenvalue weighted by Gasteiger charge is -2.26. The molecule has 11 heavy (non-hydrogen) atoms. The normalized spacial score (nSPS) is 20.5. The maximum atomic E-state index is 5.22. The van der Waals surface area contributed by atoms with Crippen LogP contribution in [0.25, 0.3) is 0 Å². The zero-order valence-electron chi connectivity index (χ0n) is 6.88. The van der Waals surface area contributed by atoms with Gasteiger partial charge in [-0.25, -0.2) is 0 Å². The second kappa shape index (κ2) is 5.52. The smallest absolute Gasteiger partial charge is 0.0594 e. The molecule has 1 aliphatic heterocycles. The molecule has 1 rings (SSSR count). The first kappa shape index (κ1) is 8.97. The molecule has 0 aromatic rings. The maximum Gasteiger partial charge on any atom is 0.0594 e. The van der Waals surface area contributed by atoms with E-state index in [2.05, 4.69) is 10.2 Å². The summed E-state index contributed by atoms with van der Waals surface area (Å²) in [4.78, 5) is 2.40. The first-order valence-corrected chi connectivity index (χ1v) is 4.17. The Hall–Kier alpha value is -0.120. The largest absolute Gasteiger partial charge is 0.379 e. The molecule has 0 aromatic carbocycles. The molecule has 1 heterocycles. The molecular formula is C8H16N2O. The van der Waals surface area contributed by atoms with Crippen LogP contribution < -0.4 is 5.32 Å². The van der Waals surface area contributed by atoms with Gasteiger partial charge in [0.25, 0.3) is 0 Å². The van der Waals surface area contributed by atoms with Crippen LogP contribution in [0.1, 0.15) is 6.42 Å². The van der Waals surface area contributed by atoms with Crippen molar-refractivity contribution in [3.05, 3.63) is 7.05 Å². The van der Waals surface area contributed by atoms with E-state index in [9.17, 15) is 0 Å². The minimum atomic E-state index is 0.885. The molecule has 0 spiro atoms. The lowest BCUT2D eigenvalue weighted by Crippen LogP contribution is -2.37. The Labute approximate surface area is 68.7 Å². The maximum absolute atomic E-state index is 5.22. The molecule has 2 radical (unpaired) electrons. The second-order valence-corrected chi connectivity index (χ2v) is 2.76. The molecule has 1 saturated heterocycles. The summed E-state index contributed by atoms with van der Waals surface area (Å²) in [5.74, 6) is 0. The Bertz CT molecular complexity index is 92.1. The number of hydrogen-bond donors (Lipinski definition) is 1. The van der Waals surface area contributed by atoms with Crippen molar-refractivity contribution in [3.63, 3.8) is 0 Å². The molecule has 3 nitrogen and oxygen atoms in total. The summed E-state index contributed by atoms with van der Waals surface area (Å²) < 4.78 is 5.22. The van der Waals surface area contributed by atoms with Crippen LogP contribution in [0.3, 0.4) is 0 Å². The third-order valence-corrected chi connectivity index (χ3v) is 1.90. The lowest BCUT2D eigenvalue weighted by molar-refractivity contribution is 0.0375. The fraction of sp³-hybridized carbons (Fsp3) is 0.875. The van der Waals surface area contributed by atoms with E-state index < -0.39 is 0 Å². The molecule has 1 fully saturated rings. The van der Waals surface area contributed by atoms with Crippen LogP contribution in [0.15, 0.2) is 0 Å². The summed E-state index contributed by atoms with van der Waals surface area (Å²) in [5.41, 5.74) is 0. The number of ether oxygens (including phenoxy) is 1. The topological polar surface area (TPSA) is 24.5 Å². The lowest BCUT2D eigenvalue weighted by atomic mass is 10.3. The minimum absolute atomic E-state index is 0.885. The standard InChI is InChI=1S/C8H16N2O/c1-9-3-2-4-10-5-7-11-8-6-10/h1,9H,2-8H2. The first-order valence-electron chi connectivity index (χ1n) is 4.17. The zero-order valence-corrected chi connectivity index (χ0v) is 6.88. The number of morpholine rings is 1. The van der Waals surface area contributed by atoms with E-state index >= 15 is 0 Å². The van der Waals surface area contributed by atoms with Crippen molar-refractivity contribution in [1.29, 1.82) is 0 Å². The molecule has 0 bridgehead atoms. The molecule has 64 valence electrons. The van der Waals surface area contributed by atoms with Crippen LogP contribution in [0.4, 0.5) is 0 Å². The van der Waals surface area contributed by atoms with E-state index in [4.69, 9.17) is 11.8 Å². The van der Waals surface area contributed by atoms with Gasteiger partial charge in [-0.2, -0.15) is 0 Å². The first-order chi connectivity index (χ1) is 5.43. The Morgan fingerprint density at radius 3 is 2.73 bits per heavy atom. The van der Waals surface area contributed by atoms with Crippen molar-refractivity contribution >= 4 is 0 Å². The molecular weight excluding hydrogens is 140 g/mol. The van der Waals surface area contributed by atoms with Gasteiger partial charge in [-0.1, -0.05) is 0 Å². The van der Waals surface area contributed by atoms with Gasteiger partial charge >= 0.3 is 0 Å². The van der Waals surface area contributed by atoms with Crippen molar-refractivity contribution < 1.29 is 4.74 Å². The predicted molar refractivity (Wildman–Crippen MR) is 44.2 cm³/mol. The zero-order chi connectivity index (χ0) is 7.94. The Morgan fingerprint density at radius 1 is 1.36 bits per heavy atom. The quantitative estimate of drug-likeness (QED) is 0.457. The van der Waals surface area contributed by atoms with E-state index in [0.717, 1.165) is 45.8 Å². The third-order valence-electron chi connectivity index (χ3n) is 1.90. The predicted octanol–water partition coefficient (Wildman–Crippen LogP) is -0.0331. The van der Waals surface area contributed by atoms with Crippen LogP contribution in [0, 0.1) is 7.05 Å². The van der Waals surface area contributed by atoms with Gasteiger partial charge in [-0.05, 0) is 19.5 Å². The van der Waals surface area contributed by atoms with Gasteiger partial charge in [0, 0.05) is 20.1 Å². The number of hydrogen-bond acceptors (Lipinski definition) is 3. The van der Waals surface area contributed by atoms with Gasteiger partial charge in [0.2, 0.25) is 0 Å². The van der Waals surface area contributed by atoms with Gasteiger partial charge in [0.15, 0.2) is 0 Å². The summed E-state index contributed by atoms with van der Waals surface area (Å²) in [6.07, 6.45) is 1.12. The van der Waals surface area contributed by atoms with Gasteiger partial charge in [0.05, 0.1) is 13.2 Å². The van der Waals surface area contributed by atoms with Gasteiger partial charge in [-0.15, -0.1) is 0 Å². The summed E-state index contributed by atoms with van der Waals surface area (Å²) in [6, 6.07) is 0. The number of rotatable bonds is 4. The van der Waals surface area contributed by atoms with Crippen LogP contribution in [-0.4, -0.2) is 44.3 Å². The van der Waals surface area contributed by atoms with E-state index in [0.29, 0.717) is 0 Å². The summed E-state index contributed by atoms with van der Waals surface area (Å²) in [5, 5.41) is 2.65. The molecule has 0 amide bonds. The van der Waals surface area contributed by atoms with E-state index in [-0.39, 0.29) is 0 Å².